The minimum Gasteiger partial charge on any atom is -0.493 e. The molecule has 108 valence electrons. The van der Waals surface area contributed by atoms with Crippen LogP contribution < -0.4 is 16.0 Å². The van der Waals surface area contributed by atoms with Crippen LogP contribution in [0.4, 0.5) is 4.39 Å². The number of nitrogens with one attached hydrogen (secondary N) is 1. The Morgan fingerprint density at radius 1 is 1.38 bits per heavy atom. The molecule has 0 spiro atoms. The second kappa shape index (κ2) is 6.52. The molecule has 0 aliphatic rings. The minimum absolute atomic E-state index is 0.213. The van der Waals surface area contributed by atoms with Crippen LogP contribution in [0, 0.1) is 17.1 Å². The Bertz CT molecular complexity index is 789. The standard InChI is InChI=1S/C14H12FN3O3/c15-12-9-18(14(20)17-13(12)19)5-2-6-21-11-4-1-3-10(7-11)8-16/h1,3-4,7,9H,2,5-6H2,(H,17,19,20). The Labute approximate surface area is 119 Å². The molecule has 0 saturated heterocycles. The van der Waals surface area contributed by atoms with Gasteiger partial charge in [-0.15, -0.1) is 0 Å². The second-order valence-electron chi connectivity index (χ2n) is 4.27. The molecule has 1 heterocycles. The third kappa shape index (κ3) is 3.79. The number of nitriles is 1. The quantitative estimate of drug-likeness (QED) is 0.832. The largest absolute Gasteiger partial charge is 0.493 e. The van der Waals surface area contributed by atoms with Crippen molar-refractivity contribution >= 4 is 0 Å². The summed E-state index contributed by atoms with van der Waals surface area (Å²) in [6.07, 6.45) is 1.32. The molecule has 0 saturated carbocycles. The van der Waals surface area contributed by atoms with Gasteiger partial charge in [0.1, 0.15) is 5.75 Å². The lowest BCUT2D eigenvalue weighted by atomic mass is 10.2. The zero-order valence-electron chi connectivity index (χ0n) is 11.0. The van der Waals surface area contributed by atoms with Gasteiger partial charge >= 0.3 is 5.69 Å². The molecule has 0 amide bonds. The van der Waals surface area contributed by atoms with Crippen molar-refractivity contribution in [1.82, 2.24) is 9.55 Å². The van der Waals surface area contributed by atoms with Crippen LogP contribution in [-0.4, -0.2) is 16.2 Å². The van der Waals surface area contributed by atoms with Crippen LogP contribution in [0.15, 0.2) is 40.1 Å². The zero-order chi connectivity index (χ0) is 15.2. The maximum atomic E-state index is 13.1. The molecule has 2 rings (SSSR count). The first-order valence-corrected chi connectivity index (χ1v) is 6.22. The first-order chi connectivity index (χ1) is 10.1. The van der Waals surface area contributed by atoms with E-state index < -0.39 is 17.1 Å². The lowest BCUT2D eigenvalue weighted by Crippen LogP contribution is -2.31. The van der Waals surface area contributed by atoms with Gasteiger partial charge in [0, 0.05) is 6.54 Å². The van der Waals surface area contributed by atoms with Crippen molar-refractivity contribution in [1.29, 1.82) is 5.26 Å². The van der Waals surface area contributed by atoms with Crippen LogP contribution in [-0.2, 0) is 6.54 Å². The van der Waals surface area contributed by atoms with Crippen LogP contribution in [0.2, 0.25) is 0 Å². The van der Waals surface area contributed by atoms with Gasteiger partial charge in [-0.05, 0) is 24.6 Å². The number of nitrogens with zero attached hydrogens (tertiary/aromatic N) is 2. The number of ether oxygens (including phenoxy) is 1. The summed E-state index contributed by atoms with van der Waals surface area (Å²) in [5.74, 6) is -0.453. The normalized spacial score (nSPS) is 10.1. The summed E-state index contributed by atoms with van der Waals surface area (Å²) in [6, 6.07) is 8.69. The molecule has 0 atom stereocenters. The lowest BCUT2D eigenvalue weighted by molar-refractivity contribution is 0.299. The highest BCUT2D eigenvalue weighted by molar-refractivity contribution is 5.36. The third-order valence-corrected chi connectivity index (χ3v) is 2.74. The van der Waals surface area contributed by atoms with Gasteiger partial charge < -0.3 is 4.74 Å². The van der Waals surface area contributed by atoms with Crippen LogP contribution in [0.25, 0.3) is 0 Å². The van der Waals surface area contributed by atoms with Gasteiger partial charge in [0.2, 0.25) is 5.82 Å². The zero-order valence-corrected chi connectivity index (χ0v) is 11.0. The number of aromatic nitrogens is 2. The summed E-state index contributed by atoms with van der Waals surface area (Å²) < 4.78 is 19.6. The van der Waals surface area contributed by atoms with E-state index in [1.807, 2.05) is 11.1 Å². The molecular formula is C14H12FN3O3. The van der Waals surface area contributed by atoms with Gasteiger partial charge in [0.05, 0.1) is 24.4 Å². The van der Waals surface area contributed by atoms with E-state index >= 15 is 0 Å². The number of hydrogen-bond donors (Lipinski definition) is 1. The van der Waals surface area contributed by atoms with Crippen LogP contribution in [0.3, 0.4) is 0 Å². The van der Waals surface area contributed by atoms with E-state index in [4.69, 9.17) is 10.00 Å². The van der Waals surface area contributed by atoms with Gasteiger partial charge in [-0.1, -0.05) is 6.07 Å². The molecule has 0 radical (unpaired) electrons. The summed E-state index contributed by atoms with van der Waals surface area (Å²) in [5, 5.41) is 8.75. The SMILES string of the molecule is N#Cc1cccc(OCCCn2cc(F)c(=O)[nH]c2=O)c1. The number of aryl methyl sites for hydroxylation is 1. The highest BCUT2D eigenvalue weighted by atomic mass is 19.1. The van der Waals surface area contributed by atoms with Gasteiger partial charge in [-0.25, -0.2) is 4.79 Å². The number of halogens is 1. The maximum Gasteiger partial charge on any atom is 0.328 e. The van der Waals surface area contributed by atoms with E-state index in [2.05, 4.69) is 0 Å². The van der Waals surface area contributed by atoms with Crippen molar-refractivity contribution in [2.75, 3.05) is 6.61 Å². The summed E-state index contributed by atoms with van der Waals surface area (Å²) in [7, 11) is 0. The Morgan fingerprint density at radius 2 is 2.19 bits per heavy atom. The molecule has 7 heteroatoms. The fourth-order valence-corrected chi connectivity index (χ4v) is 1.73. The third-order valence-electron chi connectivity index (χ3n) is 2.74. The van der Waals surface area contributed by atoms with Gasteiger partial charge in [0.15, 0.2) is 0 Å². The van der Waals surface area contributed by atoms with Crippen molar-refractivity contribution in [3.8, 4) is 11.8 Å². The Morgan fingerprint density at radius 3 is 2.95 bits per heavy atom. The van der Waals surface area contributed by atoms with Crippen LogP contribution in [0.5, 0.6) is 5.75 Å². The first-order valence-electron chi connectivity index (χ1n) is 6.22. The molecule has 0 bridgehead atoms. The number of H-pyrrole nitrogens is 1. The van der Waals surface area contributed by atoms with E-state index in [1.54, 1.807) is 24.3 Å². The van der Waals surface area contributed by atoms with Crippen molar-refractivity contribution in [2.24, 2.45) is 0 Å². The number of benzene rings is 1. The van der Waals surface area contributed by atoms with Crippen molar-refractivity contribution in [2.45, 2.75) is 13.0 Å². The molecule has 2 aromatic rings. The Hall–Kier alpha value is -2.88. The number of rotatable bonds is 5. The summed E-state index contributed by atoms with van der Waals surface area (Å²) in [5.41, 5.74) is -1.19. The highest BCUT2D eigenvalue weighted by Gasteiger charge is 2.03. The predicted molar refractivity (Wildman–Crippen MR) is 72.5 cm³/mol. The Kier molecular flexibility index (Phi) is 4.51. The molecule has 0 aliphatic carbocycles. The van der Waals surface area contributed by atoms with E-state index in [9.17, 15) is 14.0 Å². The molecule has 0 aliphatic heterocycles. The predicted octanol–water partition coefficient (Wildman–Crippen LogP) is 1.02. The topological polar surface area (TPSA) is 87.9 Å². The maximum absolute atomic E-state index is 13.1. The van der Waals surface area contributed by atoms with E-state index in [0.29, 0.717) is 24.3 Å². The van der Waals surface area contributed by atoms with Crippen LogP contribution in [0.1, 0.15) is 12.0 Å². The molecular weight excluding hydrogens is 277 g/mol. The van der Waals surface area contributed by atoms with E-state index in [0.717, 1.165) is 10.8 Å². The summed E-state index contributed by atoms with van der Waals surface area (Å²) in [6.45, 7) is 0.506. The lowest BCUT2D eigenvalue weighted by Gasteiger charge is -2.07. The molecule has 1 aromatic carbocycles. The number of hydrogen-bond acceptors (Lipinski definition) is 4. The summed E-state index contributed by atoms with van der Waals surface area (Å²) >= 11 is 0. The average Bonchev–Trinajstić information content (AvgIpc) is 2.48. The fraction of sp³-hybridized carbons (Fsp3) is 0.214. The Balaban J connectivity index is 1.90. The molecule has 1 aromatic heterocycles. The second-order valence-corrected chi connectivity index (χ2v) is 4.27. The van der Waals surface area contributed by atoms with Crippen LogP contribution >= 0.6 is 0 Å². The van der Waals surface area contributed by atoms with Crippen molar-refractivity contribution < 1.29 is 9.13 Å². The molecule has 6 nitrogen and oxygen atoms in total. The molecule has 21 heavy (non-hydrogen) atoms. The smallest absolute Gasteiger partial charge is 0.328 e. The molecule has 1 N–H and O–H groups in total. The fourth-order valence-electron chi connectivity index (χ4n) is 1.73. The van der Waals surface area contributed by atoms with Crippen molar-refractivity contribution in [3.05, 3.63) is 62.7 Å². The van der Waals surface area contributed by atoms with Gasteiger partial charge in [-0.2, -0.15) is 9.65 Å². The van der Waals surface area contributed by atoms with E-state index in [-0.39, 0.29) is 6.54 Å². The van der Waals surface area contributed by atoms with Gasteiger partial charge in [0.25, 0.3) is 5.56 Å². The average molecular weight is 289 g/mol. The monoisotopic (exact) mass is 289 g/mol. The molecule has 0 fully saturated rings. The van der Waals surface area contributed by atoms with Crippen molar-refractivity contribution in [3.63, 3.8) is 0 Å². The number of aromatic amines is 1. The minimum atomic E-state index is -1.03. The van der Waals surface area contributed by atoms with Gasteiger partial charge in [-0.3, -0.25) is 14.3 Å². The molecule has 0 unspecified atom stereocenters. The van der Waals surface area contributed by atoms with E-state index in [1.165, 1.54) is 0 Å². The first kappa shape index (κ1) is 14.5. The highest BCUT2D eigenvalue weighted by Crippen LogP contribution is 2.12. The summed E-state index contributed by atoms with van der Waals surface area (Å²) in [4.78, 5) is 24.2.